The zero-order chi connectivity index (χ0) is 21.7. The first-order chi connectivity index (χ1) is 14.3. The first kappa shape index (κ1) is 22.4. The van der Waals surface area contributed by atoms with Gasteiger partial charge in [0.2, 0.25) is 0 Å². The van der Waals surface area contributed by atoms with Gasteiger partial charge in [-0.1, -0.05) is 30.4 Å². The second-order valence-electron chi connectivity index (χ2n) is 6.98. The Hall–Kier alpha value is -2.29. The summed E-state index contributed by atoms with van der Waals surface area (Å²) in [7, 11) is -2.27. The minimum atomic E-state index is -3.78. The molecular formula is C22H25NO5S2. The smallest absolute Gasteiger partial charge is 0.322 e. The third kappa shape index (κ3) is 4.88. The van der Waals surface area contributed by atoms with Crippen LogP contribution >= 0.6 is 11.8 Å². The van der Waals surface area contributed by atoms with Crippen LogP contribution in [0.1, 0.15) is 13.3 Å². The number of ether oxygens (including phenoxy) is 1. The predicted molar refractivity (Wildman–Crippen MR) is 118 cm³/mol. The molecule has 1 heterocycles. The van der Waals surface area contributed by atoms with E-state index in [0.717, 1.165) is 4.90 Å². The summed E-state index contributed by atoms with van der Waals surface area (Å²) in [6, 6.07) is 14.8. The predicted octanol–water partition coefficient (Wildman–Crippen LogP) is 3.69. The molecule has 1 aliphatic rings. The average molecular weight is 448 g/mol. The lowest BCUT2D eigenvalue weighted by molar-refractivity contribution is -0.143. The van der Waals surface area contributed by atoms with Crippen molar-refractivity contribution >= 4 is 27.6 Å². The number of hydrogen-bond acceptors (Lipinski definition) is 6. The SMILES string of the molecule is COc1ccc(S(=O)(=O)C(C)N2CC=CCC(Sc3ccccc3)C2C(=O)O)cc1. The van der Waals surface area contributed by atoms with Gasteiger partial charge in [0.05, 0.1) is 12.0 Å². The molecule has 0 saturated carbocycles. The average Bonchev–Trinajstić information content (AvgIpc) is 2.96. The molecule has 1 N–H and O–H groups in total. The van der Waals surface area contributed by atoms with E-state index in [1.807, 2.05) is 42.5 Å². The van der Waals surface area contributed by atoms with Crippen molar-refractivity contribution in [3.63, 3.8) is 0 Å². The van der Waals surface area contributed by atoms with Crippen LogP contribution in [-0.4, -0.2) is 54.7 Å². The maximum atomic E-state index is 13.3. The highest BCUT2D eigenvalue weighted by atomic mass is 32.2. The quantitative estimate of drug-likeness (QED) is 0.648. The van der Waals surface area contributed by atoms with Crippen molar-refractivity contribution < 1.29 is 23.1 Å². The number of allylic oxidation sites excluding steroid dienone is 1. The summed E-state index contributed by atoms with van der Waals surface area (Å²) in [6.07, 6.45) is 4.33. The molecule has 0 aromatic heterocycles. The van der Waals surface area contributed by atoms with E-state index in [4.69, 9.17) is 4.74 Å². The van der Waals surface area contributed by atoms with E-state index < -0.39 is 27.2 Å². The maximum Gasteiger partial charge on any atom is 0.322 e. The molecular weight excluding hydrogens is 422 g/mol. The number of rotatable bonds is 7. The number of carboxylic acids is 1. The summed E-state index contributed by atoms with van der Waals surface area (Å²) >= 11 is 1.46. The van der Waals surface area contributed by atoms with Crippen molar-refractivity contribution in [1.29, 1.82) is 0 Å². The third-order valence-electron chi connectivity index (χ3n) is 5.15. The van der Waals surface area contributed by atoms with Gasteiger partial charge in [-0.15, -0.1) is 11.8 Å². The first-order valence-corrected chi connectivity index (χ1v) is 12.0. The fourth-order valence-corrected chi connectivity index (χ4v) is 6.24. The van der Waals surface area contributed by atoms with Crippen molar-refractivity contribution in [2.45, 2.75) is 39.8 Å². The summed E-state index contributed by atoms with van der Waals surface area (Å²) in [5, 5.41) is 8.71. The molecule has 30 heavy (non-hydrogen) atoms. The molecule has 3 atom stereocenters. The number of methoxy groups -OCH3 is 1. The van der Waals surface area contributed by atoms with Crippen LogP contribution in [0.5, 0.6) is 5.75 Å². The van der Waals surface area contributed by atoms with Gasteiger partial charge in [-0.25, -0.2) is 8.42 Å². The highest BCUT2D eigenvalue weighted by Gasteiger charge is 2.41. The third-order valence-corrected chi connectivity index (χ3v) is 8.54. The molecule has 0 spiro atoms. The van der Waals surface area contributed by atoms with Gasteiger partial charge in [0.1, 0.15) is 17.2 Å². The second kappa shape index (κ2) is 9.68. The van der Waals surface area contributed by atoms with Gasteiger partial charge in [0.15, 0.2) is 9.84 Å². The van der Waals surface area contributed by atoms with E-state index in [-0.39, 0.29) is 16.7 Å². The zero-order valence-electron chi connectivity index (χ0n) is 16.8. The molecule has 0 bridgehead atoms. The molecule has 0 fully saturated rings. The molecule has 3 rings (SSSR count). The second-order valence-corrected chi connectivity index (χ2v) is 10.5. The van der Waals surface area contributed by atoms with Gasteiger partial charge in [0, 0.05) is 16.7 Å². The molecule has 8 heteroatoms. The van der Waals surface area contributed by atoms with E-state index >= 15 is 0 Å². The van der Waals surface area contributed by atoms with Crippen molar-refractivity contribution in [3.05, 3.63) is 66.7 Å². The van der Waals surface area contributed by atoms with Gasteiger partial charge in [-0.3, -0.25) is 9.69 Å². The van der Waals surface area contributed by atoms with Crippen molar-refractivity contribution in [3.8, 4) is 5.75 Å². The number of carboxylic acid groups (broad SMARTS) is 1. The van der Waals surface area contributed by atoms with Crippen LogP contribution in [0.2, 0.25) is 0 Å². The Balaban J connectivity index is 1.92. The highest BCUT2D eigenvalue weighted by molar-refractivity contribution is 8.00. The number of aliphatic carboxylic acids is 1. The van der Waals surface area contributed by atoms with Gasteiger partial charge in [0.25, 0.3) is 0 Å². The fourth-order valence-electron chi connectivity index (χ4n) is 3.49. The van der Waals surface area contributed by atoms with E-state index in [9.17, 15) is 18.3 Å². The van der Waals surface area contributed by atoms with Crippen LogP contribution in [0.4, 0.5) is 0 Å². The number of nitrogens with zero attached hydrogens (tertiary/aromatic N) is 1. The summed E-state index contributed by atoms with van der Waals surface area (Å²) in [6.45, 7) is 1.80. The minimum absolute atomic E-state index is 0.139. The van der Waals surface area contributed by atoms with Crippen molar-refractivity contribution in [2.75, 3.05) is 13.7 Å². The van der Waals surface area contributed by atoms with Crippen molar-refractivity contribution in [2.24, 2.45) is 0 Å². The Morgan fingerprint density at radius 2 is 1.80 bits per heavy atom. The zero-order valence-corrected chi connectivity index (χ0v) is 18.5. The fraction of sp³-hybridized carbons (Fsp3) is 0.318. The highest BCUT2D eigenvalue weighted by Crippen LogP contribution is 2.34. The Morgan fingerprint density at radius 3 is 2.40 bits per heavy atom. The molecule has 0 saturated heterocycles. The molecule has 2 aromatic carbocycles. The molecule has 0 radical (unpaired) electrons. The summed E-state index contributed by atoms with van der Waals surface area (Å²) in [5.41, 5.74) is 0. The normalized spacial score (nSPS) is 21.0. The van der Waals surface area contributed by atoms with Gasteiger partial charge in [-0.05, 0) is 49.7 Å². The maximum absolute atomic E-state index is 13.3. The number of sulfone groups is 1. The molecule has 160 valence electrons. The summed E-state index contributed by atoms with van der Waals surface area (Å²) < 4.78 is 31.6. The molecule has 0 amide bonds. The van der Waals surface area contributed by atoms with Crippen LogP contribution in [0, 0.1) is 0 Å². The number of hydrogen-bond donors (Lipinski definition) is 1. The lowest BCUT2D eigenvalue weighted by atomic mass is 10.1. The standard InChI is InChI=1S/C22H25NO5S2/c1-16(30(26,27)19-13-11-17(28-2)12-14-19)23-15-7-6-10-20(21(23)22(24)25)29-18-8-4-3-5-9-18/h3-9,11-14,16,20-21H,10,15H2,1-2H3,(H,24,25). The molecule has 1 aliphatic heterocycles. The monoisotopic (exact) mass is 447 g/mol. The lowest BCUT2D eigenvalue weighted by Gasteiger charge is -2.35. The van der Waals surface area contributed by atoms with E-state index in [1.54, 1.807) is 24.0 Å². The van der Waals surface area contributed by atoms with E-state index in [2.05, 4.69) is 0 Å². The lowest BCUT2D eigenvalue weighted by Crippen LogP contribution is -2.53. The first-order valence-electron chi connectivity index (χ1n) is 9.58. The number of benzene rings is 2. The van der Waals surface area contributed by atoms with Gasteiger partial charge >= 0.3 is 5.97 Å². The Kier molecular flexibility index (Phi) is 7.23. The van der Waals surface area contributed by atoms with Crippen LogP contribution in [0.3, 0.4) is 0 Å². The molecule has 0 aliphatic carbocycles. The minimum Gasteiger partial charge on any atom is -0.497 e. The van der Waals surface area contributed by atoms with Crippen molar-refractivity contribution in [1.82, 2.24) is 4.90 Å². The van der Waals surface area contributed by atoms with Crippen LogP contribution in [-0.2, 0) is 14.6 Å². The number of thioether (sulfide) groups is 1. The van der Waals surface area contributed by atoms with Crippen LogP contribution in [0.15, 0.2) is 76.5 Å². The van der Waals surface area contributed by atoms with E-state index in [0.29, 0.717) is 12.2 Å². The molecule has 3 unspecified atom stereocenters. The summed E-state index contributed by atoms with van der Waals surface area (Å²) in [4.78, 5) is 14.9. The van der Waals surface area contributed by atoms with Gasteiger partial charge in [-0.2, -0.15) is 0 Å². The van der Waals surface area contributed by atoms with E-state index in [1.165, 1.54) is 31.0 Å². The van der Waals surface area contributed by atoms with Gasteiger partial charge < -0.3 is 9.84 Å². The largest absolute Gasteiger partial charge is 0.497 e. The number of carbonyl (C=O) groups is 1. The topological polar surface area (TPSA) is 83.9 Å². The Bertz CT molecular complexity index is 990. The van der Waals surface area contributed by atoms with Crippen LogP contribution in [0.25, 0.3) is 0 Å². The summed E-state index contributed by atoms with van der Waals surface area (Å²) in [5.74, 6) is -0.467. The molecule has 2 aromatic rings. The Morgan fingerprint density at radius 1 is 1.13 bits per heavy atom. The molecule has 6 nitrogen and oxygen atoms in total. The van der Waals surface area contributed by atoms with Crippen LogP contribution < -0.4 is 4.74 Å². The Labute approximate surface area is 181 Å².